The standard InChI is InChI=1S/C12H22O4.CH2O/c1-3-5-6-7-10(4-2)16-12(15)9-8-11(13)14;1-2/h10H,3-9H2,1-2H3,(H,13,14);1H2. The Hall–Kier alpha value is -1.39. The summed E-state index contributed by atoms with van der Waals surface area (Å²) in [6, 6.07) is 0. The second kappa shape index (κ2) is 13.7. The summed E-state index contributed by atoms with van der Waals surface area (Å²) in [5.74, 6) is -1.36. The van der Waals surface area contributed by atoms with Gasteiger partial charge in [0.1, 0.15) is 12.9 Å². The summed E-state index contributed by atoms with van der Waals surface area (Å²) in [4.78, 5) is 29.5. The monoisotopic (exact) mass is 260 g/mol. The summed E-state index contributed by atoms with van der Waals surface area (Å²) >= 11 is 0. The number of hydrogen-bond acceptors (Lipinski definition) is 4. The highest BCUT2D eigenvalue weighted by atomic mass is 16.5. The lowest BCUT2D eigenvalue weighted by Crippen LogP contribution is -2.18. The minimum Gasteiger partial charge on any atom is -0.481 e. The average molecular weight is 260 g/mol. The van der Waals surface area contributed by atoms with Gasteiger partial charge in [-0.3, -0.25) is 9.59 Å². The largest absolute Gasteiger partial charge is 0.481 e. The van der Waals surface area contributed by atoms with Crippen molar-refractivity contribution in [3.05, 3.63) is 0 Å². The van der Waals surface area contributed by atoms with Gasteiger partial charge >= 0.3 is 11.9 Å². The van der Waals surface area contributed by atoms with Gasteiger partial charge in [0.05, 0.1) is 12.8 Å². The van der Waals surface area contributed by atoms with Gasteiger partial charge in [0.2, 0.25) is 0 Å². The maximum absolute atomic E-state index is 11.3. The Morgan fingerprint density at radius 1 is 1.17 bits per heavy atom. The SMILES string of the molecule is C=O.CCCCCC(CC)OC(=O)CCC(=O)O. The van der Waals surface area contributed by atoms with Crippen LogP contribution in [-0.4, -0.2) is 29.9 Å². The van der Waals surface area contributed by atoms with Crippen LogP contribution in [-0.2, 0) is 19.1 Å². The summed E-state index contributed by atoms with van der Waals surface area (Å²) in [5.41, 5.74) is 0. The molecule has 0 amide bonds. The fraction of sp³-hybridized carbons (Fsp3) is 0.769. The fourth-order valence-electron chi connectivity index (χ4n) is 1.42. The van der Waals surface area contributed by atoms with Gasteiger partial charge in [-0.15, -0.1) is 0 Å². The van der Waals surface area contributed by atoms with Crippen LogP contribution in [0.4, 0.5) is 0 Å². The van der Waals surface area contributed by atoms with E-state index in [2.05, 4.69) is 6.92 Å². The van der Waals surface area contributed by atoms with Gasteiger partial charge in [-0.05, 0) is 19.3 Å². The van der Waals surface area contributed by atoms with Crippen molar-refractivity contribution in [2.45, 2.75) is 64.9 Å². The van der Waals surface area contributed by atoms with Crippen molar-refractivity contribution < 1.29 is 24.2 Å². The Morgan fingerprint density at radius 2 is 1.78 bits per heavy atom. The summed E-state index contributed by atoms with van der Waals surface area (Å²) < 4.78 is 5.19. The number of esters is 1. The molecular formula is C13H24O5. The summed E-state index contributed by atoms with van der Waals surface area (Å²) in [7, 11) is 0. The Bertz CT molecular complexity index is 227. The summed E-state index contributed by atoms with van der Waals surface area (Å²) in [5, 5.41) is 8.42. The fourth-order valence-corrected chi connectivity index (χ4v) is 1.42. The highest BCUT2D eigenvalue weighted by Crippen LogP contribution is 2.11. The molecule has 0 fully saturated rings. The highest BCUT2D eigenvalue weighted by Gasteiger charge is 2.13. The third-order valence-electron chi connectivity index (χ3n) is 2.43. The number of carbonyl (C=O) groups is 3. The molecule has 0 spiro atoms. The van der Waals surface area contributed by atoms with E-state index in [-0.39, 0.29) is 18.9 Å². The van der Waals surface area contributed by atoms with E-state index >= 15 is 0 Å². The zero-order valence-corrected chi connectivity index (χ0v) is 11.3. The molecule has 1 N–H and O–H groups in total. The molecule has 0 rings (SSSR count). The van der Waals surface area contributed by atoms with Crippen LogP contribution in [0, 0.1) is 0 Å². The van der Waals surface area contributed by atoms with Crippen LogP contribution in [0.5, 0.6) is 0 Å². The molecule has 0 saturated heterocycles. The molecule has 1 atom stereocenters. The van der Waals surface area contributed by atoms with E-state index in [1.54, 1.807) is 0 Å². The zero-order chi connectivity index (χ0) is 14.4. The minimum absolute atomic E-state index is 0.0282. The normalized spacial score (nSPS) is 11.0. The predicted molar refractivity (Wildman–Crippen MR) is 68.3 cm³/mol. The van der Waals surface area contributed by atoms with Crippen molar-refractivity contribution in [3.63, 3.8) is 0 Å². The molecule has 0 aliphatic carbocycles. The summed E-state index contributed by atoms with van der Waals surface area (Å²) in [6.45, 7) is 6.10. The van der Waals surface area contributed by atoms with Gasteiger partial charge < -0.3 is 14.6 Å². The third-order valence-corrected chi connectivity index (χ3v) is 2.43. The molecule has 0 heterocycles. The second-order valence-corrected chi connectivity index (χ2v) is 3.91. The van der Waals surface area contributed by atoms with Crippen molar-refractivity contribution >= 4 is 18.7 Å². The van der Waals surface area contributed by atoms with Crippen LogP contribution in [0.25, 0.3) is 0 Å². The van der Waals surface area contributed by atoms with E-state index < -0.39 is 11.9 Å². The molecule has 1 unspecified atom stereocenters. The molecule has 0 aliphatic rings. The van der Waals surface area contributed by atoms with Crippen molar-refractivity contribution in [3.8, 4) is 0 Å². The highest BCUT2D eigenvalue weighted by molar-refractivity contribution is 5.76. The first-order valence-electron chi connectivity index (χ1n) is 6.30. The van der Waals surface area contributed by atoms with Crippen LogP contribution in [0.15, 0.2) is 0 Å². The van der Waals surface area contributed by atoms with E-state index in [4.69, 9.17) is 14.6 Å². The lowest BCUT2D eigenvalue weighted by molar-refractivity contribution is -0.152. The van der Waals surface area contributed by atoms with E-state index in [0.29, 0.717) is 0 Å². The first-order chi connectivity index (χ1) is 8.60. The lowest BCUT2D eigenvalue weighted by atomic mass is 10.1. The van der Waals surface area contributed by atoms with Crippen molar-refractivity contribution in [1.82, 2.24) is 0 Å². The van der Waals surface area contributed by atoms with E-state index in [1.165, 1.54) is 0 Å². The van der Waals surface area contributed by atoms with Crippen molar-refractivity contribution in [2.75, 3.05) is 0 Å². The zero-order valence-electron chi connectivity index (χ0n) is 11.3. The van der Waals surface area contributed by atoms with Crippen molar-refractivity contribution in [2.24, 2.45) is 0 Å². The maximum atomic E-state index is 11.3. The van der Waals surface area contributed by atoms with Crippen LogP contribution in [0.3, 0.4) is 0 Å². The van der Waals surface area contributed by atoms with E-state index in [0.717, 1.165) is 32.1 Å². The van der Waals surface area contributed by atoms with Gasteiger partial charge in [0.15, 0.2) is 0 Å². The average Bonchev–Trinajstić information content (AvgIpc) is 2.37. The number of carbonyl (C=O) groups excluding carboxylic acids is 2. The number of hydrogen-bond donors (Lipinski definition) is 1. The van der Waals surface area contributed by atoms with Crippen LogP contribution in [0.2, 0.25) is 0 Å². The van der Waals surface area contributed by atoms with Crippen molar-refractivity contribution in [1.29, 1.82) is 0 Å². The molecule has 5 heteroatoms. The Kier molecular flexibility index (Phi) is 14.4. The minimum atomic E-state index is -0.962. The molecule has 0 bridgehead atoms. The Morgan fingerprint density at radius 3 is 2.22 bits per heavy atom. The van der Waals surface area contributed by atoms with Gasteiger partial charge in [0.25, 0.3) is 0 Å². The third kappa shape index (κ3) is 12.7. The smallest absolute Gasteiger partial charge is 0.306 e. The molecule has 5 nitrogen and oxygen atoms in total. The molecule has 0 saturated carbocycles. The number of aliphatic carboxylic acids is 1. The molecule has 0 aromatic rings. The maximum Gasteiger partial charge on any atom is 0.306 e. The molecule has 0 aromatic carbocycles. The number of rotatable bonds is 9. The van der Waals surface area contributed by atoms with E-state index in [1.807, 2.05) is 13.7 Å². The van der Waals surface area contributed by atoms with E-state index in [9.17, 15) is 9.59 Å². The molecule has 18 heavy (non-hydrogen) atoms. The molecule has 0 aromatic heterocycles. The Balaban J connectivity index is 0. The van der Waals surface area contributed by atoms with Gasteiger partial charge in [0, 0.05) is 0 Å². The van der Waals surface area contributed by atoms with Crippen LogP contribution < -0.4 is 0 Å². The lowest BCUT2D eigenvalue weighted by Gasteiger charge is -2.15. The van der Waals surface area contributed by atoms with Crippen LogP contribution in [0.1, 0.15) is 58.8 Å². The molecule has 106 valence electrons. The topological polar surface area (TPSA) is 80.7 Å². The number of ether oxygens (including phenoxy) is 1. The number of carboxylic acid groups (broad SMARTS) is 1. The number of unbranched alkanes of at least 4 members (excludes halogenated alkanes) is 2. The van der Waals surface area contributed by atoms with Gasteiger partial charge in [-0.1, -0.05) is 26.7 Å². The first-order valence-corrected chi connectivity index (χ1v) is 6.30. The second-order valence-electron chi connectivity index (χ2n) is 3.91. The summed E-state index contributed by atoms with van der Waals surface area (Å²) in [6.07, 6.45) is 4.79. The van der Waals surface area contributed by atoms with Gasteiger partial charge in [-0.25, -0.2) is 0 Å². The van der Waals surface area contributed by atoms with Gasteiger partial charge in [-0.2, -0.15) is 0 Å². The molecular weight excluding hydrogens is 236 g/mol. The first kappa shape index (κ1) is 19.0. The van der Waals surface area contributed by atoms with Crippen LogP contribution >= 0.6 is 0 Å². The Labute approximate surface area is 109 Å². The quantitative estimate of drug-likeness (QED) is 0.509. The molecule has 0 radical (unpaired) electrons. The molecule has 0 aliphatic heterocycles. The predicted octanol–water partition coefficient (Wildman–Crippen LogP) is 2.57. The number of carboxylic acids is 1.